The molecule has 0 spiro atoms. The molecule has 1 aliphatic carbocycles. The van der Waals surface area contributed by atoms with Gasteiger partial charge in [0.05, 0.1) is 6.10 Å². The summed E-state index contributed by atoms with van der Waals surface area (Å²) in [5.74, 6) is 0.437. The second-order valence-corrected chi connectivity index (χ2v) is 8.83. The van der Waals surface area contributed by atoms with Gasteiger partial charge in [-0.05, 0) is 37.7 Å². The van der Waals surface area contributed by atoms with Crippen molar-refractivity contribution in [2.75, 3.05) is 39.3 Å². The normalized spacial score (nSPS) is 29.2. The van der Waals surface area contributed by atoms with Crippen molar-refractivity contribution in [1.82, 2.24) is 15.1 Å². The van der Waals surface area contributed by atoms with Crippen molar-refractivity contribution in [3.8, 4) is 0 Å². The Morgan fingerprint density at radius 2 is 1.72 bits per heavy atom. The predicted molar refractivity (Wildman–Crippen MR) is 109 cm³/mol. The summed E-state index contributed by atoms with van der Waals surface area (Å²) in [6, 6.07) is -0.627. The maximum Gasteiger partial charge on any atom is 0.522 e. The number of rotatable bonds is 7. The number of nitrogens with zero attached hydrogens (tertiary/aromatic N) is 3. The van der Waals surface area contributed by atoms with Crippen molar-refractivity contribution in [3.63, 3.8) is 0 Å². The fraction of sp³-hybridized carbons (Fsp3) is 0.800. The van der Waals surface area contributed by atoms with Crippen molar-refractivity contribution < 1.29 is 27.5 Å². The summed E-state index contributed by atoms with van der Waals surface area (Å²) in [6.07, 6.45) is -0.249. The van der Waals surface area contributed by atoms with Crippen molar-refractivity contribution in [3.05, 3.63) is 12.2 Å². The average Bonchev–Trinajstić information content (AvgIpc) is 3.32. The molecule has 4 N–H and O–H groups in total. The zero-order valence-corrected chi connectivity index (χ0v) is 17.9. The average molecular weight is 461 g/mol. The molecule has 1 saturated carbocycles. The molecule has 32 heavy (non-hydrogen) atoms. The van der Waals surface area contributed by atoms with E-state index in [4.69, 9.17) is 11.3 Å². The van der Waals surface area contributed by atoms with E-state index in [-0.39, 0.29) is 42.8 Å². The third-order valence-corrected chi connectivity index (χ3v) is 6.56. The van der Waals surface area contributed by atoms with Gasteiger partial charge in [0.25, 0.3) is 0 Å². The number of fused-ring (bicyclic) bond motifs is 1. The van der Waals surface area contributed by atoms with Crippen LogP contribution >= 0.6 is 0 Å². The van der Waals surface area contributed by atoms with Gasteiger partial charge in [-0.2, -0.15) is 5.11 Å². The minimum Gasteiger partial charge on any atom is -0.338 e. The lowest BCUT2D eigenvalue weighted by Crippen LogP contribution is -2.44. The number of amides is 3. The van der Waals surface area contributed by atoms with E-state index in [1.165, 1.54) is 0 Å². The van der Waals surface area contributed by atoms with E-state index in [1.807, 2.05) is 6.08 Å². The number of likely N-dealkylation sites (tertiary alicyclic amines) is 2. The molecule has 0 radical (unpaired) electrons. The second kappa shape index (κ2) is 10.6. The number of alkyl halides is 3. The van der Waals surface area contributed by atoms with Gasteiger partial charge in [0, 0.05) is 51.1 Å². The molecule has 2 heterocycles. The zero-order chi connectivity index (χ0) is 23.3. The van der Waals surface area contributed by atoms with E-state index in [0.717, 1.165) is 0 Å². The van der Waals surface area contributed by atoms with E-state index in [2.05, 4.69) is 15.2 Å². The molecule has 180 valence electrons. The summed E-state index contributed by atoms with van der Waals surface area (Å²) in [5, 5.41) is 6.10. The third kappa shape index (κ3) is 6.64. The summed E-state index contributed by atoms with van der Waals surface area (Å²) in [4.78, 5) is 28.4. The molecular weight excluding hydrogens is 429 g/mol. The number of ether oxygens (including phenoxy) is 1. The maximum absolute atomic E-state index is 12.6. The molecule has 0 aromatic heterocycles. The number of nitrogens with two attached hydrogens (primary N) is 1. The number of urea groups is 1. The lowest BCUT2D eigenvalue weighted by molar-refractivity contribution is -0.345. The lowest BCUT2D eigenvalue weighted by Gasteiger charge is -2.27. The van der Waals surface area contributed by atoms with Crippen molar-refractivity contribution in [1.29, 1.82) is 5.53 Å². The second-order valence-electron chi connectivity index (χ2n) is 8.83. The minimum atomic E-state index is -4.60. The molecule has 2 aliphatic heterocycles. The Bertz CT molecular complexity index is 697. The Morgan fingerprint density at radius 3 is 2.25 bits per heavy atom. The molecule has 9 nitrogen and oxygen atoms in total. The van der Waals surface area contributed by atoms with Gasteiger partial charge in [-0.3, -0.25) is 9.53 Å². The van der Waals surface area contributed by atoms with Crippen molar-refractivity contribution in [2.24, 2.45) is 28.6 Å². The van der Waals surface area contributed by atoms with Crippen LogP contribution < -0.4 is 11.1 Å². The first-order valence-electron chi connectivity index (χ1n) is 11.0. The Hall–Kier alpha value is -2.21. The van der Waals surface area contributed by atoms with Crippen LogP contribution in [0.3, 0.4) is 0 Å². The van der Waals surface area contributed by atoms with Crippen LogP contribution in [0.25, 0.3) is 0 Å². The Morgan fingerprint density at radius 1 is 1.12 bits per heavy atom. The SMILES string of the molecule is N=NC(CN)CNC(=O)N1CC2CN(C(=O)C=CC3CCC(OC(F)(F)F)CC3)CC2C1. The topological polar surface area (TPSA) is 124 Å². The largest absolute Gasteiger partial charge is 0.522 e. The van der Waals surface area contributed by atoms with Gasteiger partial charge in [0.15, 0.2) is 0 Å². The van der Waals surface area contributed by atoms with Crippen LogP contribution in [0.1, 0.15) is 25.7 Å². The van der Waals surface area contributed by atoms with Gasteiger partial charge >= 0.3 is 12.4 Å². The number of halogens is 3. The van der Waals surface area contributed by atoms with Crippen molar-refractivity contribution >= 4 is 11.9 Å². The summed E-state index contributed by atoms with van der Waals surface area (Å²) in [5.41, 5.74) is 12.5. The van der Waals surface area contributed by atoms with Crippen LogP contribution in [0.15, 0.2) is 17.3 Å². The monoisotopic (exact) mass is 460 g/mol. The quantitative estimate of drug-likeness (QED) is 0.398. The first-order valence-corrected chi connectivity index (χ1v) is 11.0. The number of allylic oxidation sites excluding steroid dienone is 1. The van der Waals surface area contributed by atoms with Crippen LogP contribution in [0.4, 0.5) is 18.0 Å². The Balaban J connectivity index is 1.38. The van der Waals surface area contributed by atoms with E-state index in [1.54, 1.807) is 15.9 Å². The summed E-state index contributed by atoms with van der Waals surface area (Å²) < 4.78 is 41.0. The van der Waals surface area contributed by atoms with E-state index >= 15 is 0 Å². The van der Waals surface area contributed by atoms with E-state index in [9.17, 15) is 22.8 Å². The fourth-order valence-electron chi connectivity index (χ4n) is 4.75. The summed E-state index contributed by atoms with van der Waals surface area (Å²) >= 11 is 0. The van der Waals surface area contributed by atoms with Gasteiger partial charge in [0.1, 0.15) is 6.04 Å². The molecular formula is C20H31F3N6O3. The van der Waals surface area contributed by atoms with Gasteiger partial charge in [-0.25, -0.2) is 10.3 Å². The van der Waals surface area contributed by atoms with E-state index < -0.39 is 18.5 Å². The lowest BCUT2D eigenvalue weighted by atomic mass is 9.87. The van der Waals surface area contributed by atoms with Gasteiger partial charge in [-0.15, -0.1) is 13.2 Å². The highest BCUT2D eigenvalue weighted by molar-refractivity contribution is 5.88. The molecule has 3 aliphatic rings. The van der Waals surface area contributed by atoms with Gasteiger partial charge < -0.3 is 20.9 Å². The zero-order valence-electron chi connectivity index (χ0n) is 17.9. The standard InChI is InChI=1S/C20H31F3N6O3/c21-20(22,23)32-17-4-1-13(2-5-17)3-6-18(30)28-9-14-11-29(12-15(14)10-28)19(31)26-8-16(7-24)27-25/h3,6,13-17,25H,1-2,4-5,7-12,24H2,(H,26,31). The minimum absolute atomic E-state index is 0.0844. The molecule has 0 aromatic carbocycles. The molecule has 3 fully saturated rings. The van der Waals surface area contributed by atoms with Gasteiger partial charge in [-0.1, -0.05) is 6.08 Å². The molecule has 12 heteroatoms. The van der Waals surface area contributed by atoms with Crippen LogP contribution in [-0.2, 0) is 9.53 Å². The van der Waals surface area contributed by atoms with Crippen molar-refractivity contribution in [2.45, 2.75) is 44.2 Å². The predicted octanol–water partition coefficient (Wildman–Crippen LogP) is 2.10. The van der Waals surface area contributed by atoms with Crippen LogP contribution in [-0.4, -0.2) is 79.5 Å². The molecule has 3 rings (SSSR count). The molecule has 3 atom stereocenters. The molecule has 3 unspecified atom stereocenters. The number of hydrogen-bond acceptors (Lipinski definition) is 6. The number of nitrogens with one attached hydrogen (secondary N) is 2. The third-order valence-electron chi connectivity index (χ3n) is 6.56. The highest BCUT2D eigenvalue weighted by Crippen LogP contribution is 2.33. The number of hydrogen-bond donors (Lipinski definition) is 3. The maximum atomic E-state index is 12.6. The summed E-state index contributed by atoms with van der Waals surface area (Å²) in [6.45, 7) is 2.72. The fourth-order valence-corrected chi connectivity index (χ4v) is 4.75. The molecule has 2 saturated heterocycles. The molecule has 0 bridgehead atoms. The van der Waals surface area contributed by atoms with Crippen LogP contribution in [0.5, 0.6) is 0 Å². The van der Waals surface area contributed by atoms with Gasteiger partial charge in [0.2, 0.25) is 5.91 Å². The molecule has 0 aromatic rings. The summed E-state index contributed by atoms with van der Waals surface area (Å²) in [7, 11) is 0. The van der Waals surface area contributed by atoms with Crippen LogP contribution in [0, 0.1) is 23.3 Å². The number of carbonyl (C=O) groups excluding carboxylic acids is 2. The first-order chi connectivity index (χ1) is 15.2. The Labute approximate surface area is 185 Å². The highest BCUT2D eigenvalue weighted by Gasteiger charge is 2.42. The molecule has 3 amide bonds. The first kappa shape index (κ1) is 24.4. The Kier molecular flexibility index (Phi) is 8.10. The van der Waals surface area contributed by atoms with E-state index in [0.29, 0.717) is 51.9 Å². The highest BCUT2D eigenvalue weighted by atomic mass is 19.4. The van der Waals surface area contributed by atoms with Crippen LogP contribution in [0.2, 0.25) is 0 Å². The smallest absolute Gasteiger partial charge is 0.338 e. The number of carbonyl (C=O) groups is 2.